The Bertz CT molecular complexity index is 796. The number of anilines is 1. The number of nitrogens with zero attached hydrogens (tertiary/aromatic N) is 1. The number of ether oxygens (including phenoxy) is 1. The molecule has 0 aliphatic carbocycles. The summed E-state index contributed by atoms with van der Waals surface area (Å²) >= 11 is 0. The predicted octanol–water partition coefficient (Wildman–Crippen LogP) is 4.15. The van der Waals surface area contributed by atoms with Gasteiger partial charge in [-0.3, -0.25) is 4.90 Å². The van der Waals surface area contributed by atoms with Crippen LogP contribution in [-0.4, -0.2) is 36.2 Å². The van der Waals surface area contributed by atoms with Crippen molar-refractivity contribution >= 4 is 11.7 Å². The van der Waals surface area contributed by atoms with Gasteiger partial charge in [0.2, 0.25) is 0 Å². The molecule has 2 aromatic rings. The average molecular weight is 383 g/mol. The predicted molar refractivity (Wildman–Crippen MR) is 107 cm³/mol. The van der Waals surface area contributed by atoms with Crippen LogP contribution in [0.25, 0.3) is 0 Å². The first-order valence-electron chi connectivity index (χ1n) is 9.82. The summed E-state index contributed by atoms with van der Waals surface area (Å²) < 4.78 is 18.3. The molecule has 2 aromatic carbocycles. The van der Waals surface area contributed by atoms with Crippen molar-refractivity contribution in [3.05, 3.63) is 59.9 Å². The minimum atomic E-state index is -0.197. The smallest absolute Gasteiger partial charge is 0.319 e. The third kappa shape index (κ3) is 4.28. The molecule has 0 radical (unpaired) electrons. The second-order valence-electron chi connectivity index (χ2n) is 7.68. The molecule has 5 nitrogen and oxygen atoms in total. The Balaban J connectivity index is 1.31. The number of rotatable bonds is 5. The van der Waals surface area contributed by atoms with Gasteiger partial charge >= 0.3 is 6.03 Å². The first kappa shape index (κ1) is 18.7. The molecule has 6 heteroatoms. The van der Waals surface area contributed by atoms with Gasteiger partial charge in [0.15, 0.2) is 0 Å². The third-order valence-corrected chi connectivity index (χ3v) is 5.85. The number of benzene rings is 2. The molecule has 2 aliphatic rings. The molecular weight excluding hydrogens is 357 g/mol. The van der Waals surface area contributed by atoms with Gasteiger partial charge in [0, 0.05) is 30.4 Å². The SMILES string of the molecule is COc1ccc(NC(=O)NC2CC3CCC(C2)N3Cc2ccc(F)cc2)cc1. The number of amides is 2. The Morgan fingerprint density at radius 2 is 1.71 bits per heavy atom. The molecule has 2 heterocycles. The van der Waals surface area contributed by atoms with E-state index in [-0.39, 0.29) is 17.9 Å². The molecule has 0 saturated carbocycles. The van der Waals surface area contributed by atoms with Crippen LogP contribution in [0.1, 0.15) is 31.2 Å². The van der Waals surface area contributed by atoms with Crippen LogP contribution in [-0.2, 0) is 6.54 Å². The van der Waals surface area contributed by atoms with E-state index in [1.165, 1.54) is 12.1 Å². The lowest BCUT2D eigenvalue weighted by molar-refractivity contribution is 0.112. The largest absolute Gasteiger partial charge is 0.497 e. The van der Waals surface area contributed by atoms with Crippen LogP contribution >= 0.6 is 0 Å². The number of urea groups is 1. The van der Waals surface area contributed by atoms with Crippen LogP contribution in [0.15, 0.2) is 48.5 Å². The van der Waals surface area contributed by atoms with E-state index in [1.807, 2.05) is 36.4 Å². The number of hydrogen-bond acceptors (Lipinski definition) is 3. The van der Waals surface area contributed by atoms with Crippen molar-refractivity contribution in [2.75, 3.05) is 12.4 Å². The second kappa shape index (κ2) is 8.19. The number of halogens is 1. The third-order valence-electron chi connectivity index (χ3n) is 5.85. The fraction of sp³-hybridized carbons (Fsp3) is 0.409. The van der Waals surface area contributed by atoms with Crippen molar-refractivity contribution < 1.29 is 13.9 Å². The van der Waals surface area contributed by atoms with Crippen molar-refractivity contribution in [2.45, 2.75) is 50.4 Å². The fourth-order valence-corrected chi connectivity index (χ4v) is 4.48. The highest BCUT2D eigenvalue weighted by Crippen LogP contribution is 2.36. The Hall–Kier alpha value is -2.60. The van der Waals surface area contributed by atoms with E-state index in [4.69, 9.17) is 4.74 Å². The summed E-state index contributed by atoms with van der Waals surface area (Å²) in [6.45, 7) is 0.848. The molecule has 2 fully saturated rings. The molecular formula is C22H26FN3O2. The van der Waals surface area contributed by atoms with Crippen LogP contribution in [0.5, 0.6) is 5.75 Å². The van der Waals surface area contributed by atoms with Gasteiger partial charge in [-0.1, -0.05) is 12.1 Å². The number of fused-ring (bicyclic) bond motifs is 2. The number of nitrogens with one attached hydrogen (secondary N) is 2. The monoisotopic (exact) mass is 383 g/mol. The summed E-state index contributed by atoms with van der Waals surface area (Å²) in [7, 11) is 1.62. The van der Waals surface area contributed by atoms with Gasteiger partial charge < -0.3 is 15.4 Å². The van der Waals surface area contributed by atoms with Crippen LogP contribution in [0.4, 0.5) is 14.9 Å². The lowest BCUT2D eigenvalue weighted by Crippen LogP contribution is -2.50. The van der Waals surface area contributed by atoms with Crippen molar-refractivity contribution in [2.24, 2.45) is 0 Å². The van der Waals surface area contributed by atoms with Crippen LogP contribution in [0.3, 0.4) is 0 Å². The molecule has 2 atom stereocenters. The minimum Gasteiger partial charge on any atom is -0.497 e. The molecule has 2 saturated heterocycles. The minimum absolute atomic E-state index is 0.165. The van der Waals surface area contributed by atoms with Gasteiger partial charge in [-0.15, -0.1) is 0 Å². The zero-order valence-corrected chi connectivity index (χ0v) is 16.0. The maximum absolute atomic E-state index is 13.1. The Morgan fingerprint density at radius 1 is 1.07 bits per heavy atom. The van der Waals surface area contributed by atoms with Crippen LogP contribution in [0, 0.1) is 5.82 Å². The van der Waals surface area contributed by atoms with Crippen LogP contribution < -0.4 is 15.4 Å². The average Bonchev–Trinajstić information content (AvgIpc) is 2.92. The van der Waals surface area contributed by atoms with Gasteiger partial charge in [0.1, 0.15) is 11.6 Å². The Kier molecular flexibility index (Phi) is 5.48. The molecule has 2 N–H and O–H groups in total. The van der Waals surface area contributed by atoms with Crippen molar-refractivity contribution in [3.8, 4) is 5.75 Å². The number of carbonyl (C=O) groups is 1. The molecule has 0 spiro atoms. The van der Waals surface area contributed by atoms with Gasteiger partial charge in [-0.05, 0) is 67.6 Å². The molecule has 0 aromatic heterocycles. The normalized spacial score (nSPS) is 24.0. The fourth-order valence-electron chi connectivity index (χ4n) is 4.48. The van der Waals surface area contributed by atoms with E-state index in [9.17, 15) is 9.18 Å². The van der Waals surface area contributed by atoms with E-state index in [2.05, 4.69) is 15.5 Å². The molecule has 2 bridgehead atoms. The molecule has 2 amide bonds. The number of methoxy groups -OCH3 is 1. The summed E-state index contributed by atoms with van der Waals surface area (Å²) in [5, 5.41) is 6.02. The lowest BCUT2D eigenvalue weighted by atomic mass is 9.96. The molecule has 4 rings (SSSR count). The zero-order chi connectivity index (χ0) is 19.5. The van der Waals surface area contributed by atoms with E-state index < -0.39 is 0 Å². The van der Waals surface area contributed by atoms with E-state index >= 15 is 0 Å². The lowest BCUT2D eigenvalue weighted by Gasteiger charge is -2.39. The van der Waals surface area contributed by atoms with E-state index in [0.29, 0.717) is 12.1 Å². The van der Waals surface area contributed by atoms with Crippen LogP contribution in [0.2, 0.25) is 0 Å². The summed E-state index contributed by atoms with van der Waals surface area (Å²) in [4.78, 5) is 14.9. The highest BCUT2D eigenvalue weighted by Gasteiger charge is 2.40. The second-order valence-corrected chi connectivity index (χ2v) is 7.68. The molecule has 148 valence electrons. The summed E-state index contributed by atoms with van der Waals surface area (Å²) in [5.41, 5.74) is 1.89. The number of piperidine rings is 1. The zero-order valence-electron chi connectivity index (χ0n) is 16.0. The van der Waals surface area contributed by atoms with Crippen molar-refractivity contribution in [1.82, 2.24) is 10.2 Å². The van der Waals surface area contributed by atoms with E-state index in [1.54, 1.807) is 7.11 Å². The first-order valence-corrected chi connectivity index (χ1v) is 9.82. The van der Waals surface area contributed by atoms with Gasteiger partial charge in [-0.2, -0.15) is 0 Å². The summed E-state index contributed by atoms with van der Waals surface area (Å²) in [6, 6.07) is 15.0. The van der Waals surface area contributed by atoms with E-state index in [0.717, 1.165) is 49.2 Å². The van der Waals surface area contributed by atoms with Crippen molar-refractivity contribution in [3.63, 3.8) is 0 Å². The maximum Gasteiger partial charge on any atom is 0.319 e. The first-order chi connectivity index (χ1) is 13.6. The van der Waals surface area contributed by atoms with Gasteiger partial charge in [-0.25, -0.2) is 9.18 Å². The Morgan fingerprint density at radius 3 is 2.32 bits per heavy atom. The molecule has 2 aliphatic heterocycles. The quantitative estimate of drug-likeness (QED) is 0.816. The summed E-state index contributed by atoms with van der Waals surface area (Å²) in [6.07, 6.45) is 4.22. The molecule has 28 heavy (non-hydrogen) atoms. The number of hydrogen-bond donors (Lipinski definition) is 2. The van der Waals surface area contributed by atoms with Crippen molar-refractivity contribution in [1.29, 1.82) is 0 Å². The number of carbonyl (C=O) groups excluding carboxylic acids is 1. The molecule has 2 unspecified atom stereocenters. The standard InChI is InChI=1S/C22H26FN3O2/c1-28-21-10-6-17(7-11-21)24-22(27)25-18-12-19-8-9-20(13-18)26(19)14-15-2-4-16(23)5-3-15/h2-7,10-11,18-20H,8-9,12-14H2,1H3,(H2,24,25,27). The highest BCUT2D eigenvalue weighted by atomic mass is 19.1. The Labute approximate surface area is 164 Å². The maximum atomic E-state index is 13.1. The van der Waals surface area contributed by atoms with Gasteiger partial charge in [0.05, 0.1) is 7.11 Å². The highest BCUT2D eigenvalue weighted by molar-refractivity contribution is 5.89. The topological polar surface area (TPSA) is 53.6 Å². The summed E-state index contributed by atoms with van der Waals surface area (Å²) in [5.74, 6) is 0.563. The van der Waals surface area contributed by atoms with Gasteiger partial charge in [0.25, 0.3) is 0 Å².